The highest BCUT2D eigenvalue weighted by Gasteiger charge is 2.18. The Balaban J connectivity index is 1.02. The number of nitrogens with zero attached hydrogens (tertiary/aromatic N) is 2. The average molecular weight is 739 g/mol. The predicted molar refractivity (Wildman–Crippen MR) is 247 cm³/mol. The van der Waals surface area contributed by atoms with Gasteiger partial charge in [0.05, 0.1) is 11.0 Å². The van der Waals surface area contributed by atoms with E-state index in [4.69, 9.17) is 0 Å². The summed E-state index contributed by atoms with van der Waals surface area (Å²) in [6.45, 7) is 0. The van der Waals surface area contributed by atoms with Gasteiger partial charge in [0.2, 0.25) is 0 Å². The Hall–Kier alpha value is -7.68. The van der Waals surface area contributed by atoms with E-state index >= 15 is 0 Å². The lowest BCUT2D eigenvalue weighted by Crippen LogP contribution is -2.10. The fourth-order valence-electron chi connectivity index (χ4n) is 8.63. The molecule has 0 aliphatic rings. The first-order valence-corrected chi connectivity index (χ1v) is 19.9. The summed E-state index contributed by atoms with van der Waals surface area (Å²) in [4.78, 5) is 2.39. The number of para-hydroxylation sites is 2. The van der Waals surface area contributed by atoms with Crippen LogP contribution >= 0.6 is 0 Å². The van der Waals surface area contributed by atoms with Gasteiger partial charge in [-0.2, -0.15) is 0 Å². The monoisotopic (exact) mass is 738 g/mol. The molecule has 0 unspecified atom stereocenters. The lowest BCUT2D eigenvalue weighted by molar-refractivity contribution is 1.18. The normalized spacial score (nSPS) is 11.4. The van der Waals surface area contributed by atoms with Crippen molar-refractivity contribution in [3.63, 3.8) is 0 Å². The van der Waals surface area contributed by atoms with Crippen molar-refractivity contribution in [3.8, 4) is 39.1 Å². The molecule has 0 saturated heterocycles. The molecule has 0 bridgehead atoms. The minimum absolute atomic E-state index is 1.09. The van der Waals surface area contributed by atoms with Crippen molar-refractivity contribution in [2.45, 2.75) is 0 Å². The van der Waals surface area contributed by atoms with Crippen molar-refractivity contribution < 1.29 is 0 Å². The SMILES string of the molecule is c1ccc(-c2ccc(N(c3cccc(-c4ccc5cc(-c6ccc7ccccc7c6)ccc5c4)c3)c3ccc4c5ccccc5n(-c5ccccc5)c4c3)cc2)cc1. The molecule has 2 nitrogen and oxygen atoms in total. The van der Waals surface area contributed by atoms with Crippen LogP contribution < -0.4 is 4.90 Å². The zero-order valence-corrected chi connectivity index (χ0v) is 31.8. The van der Waals surface area contributed by atoms with Gasteiger partial charge in [-0.3, -0.25) is 0 Å². The molecule has 58 heavy (non-hydrogen) atoms. The van der Waals surface area contributed by atoms with Crippen molar-refractivity contribution in [3.05, 3.63) is 231 Å². The Morgan fingerprint density at radius 2 is 0.741 bits per heavy atom. The maximum absolute atomic E-state index is 2.39. The average Bonchev–Trinajstić information content (AvgIpc) is 3.63. The van der Waals surface area contributed by atoms with Gasteiger partial charge in [-0.25, -0.2) is 0 Å². The van der Waals surface area contributed by atoms with Gasteiger partial charge in [-0.05, 0) is 128 Å². The summed E-state index contributed by atoms with van der Waals surface area (Å²) in [5.41, 5.74) is 14.0. The molecule has 0 aliphatic heterocycles. The summed E-state index contributed by atoms with van der Waals surface area (Å²) in [6.07, 6.45) is 0. The molecule has 272 valence electrons. The Labute approximate surface area is 338 Å². The molecule has 1 heterocycles. The van der Waals surface area contributed by atoms with Crippen molar-refractivity contribution >= 4 is 60.4 Å². The second-order valence-electron chi connectivity index (χ2n) is 15.0. The van der Waals surface area contributed by atoms with Gasteiger partial charge in [0, 0.05) is 33.5 Å². The van der Waals surface area contributed by atoms with E-state index in [9.17, 15) is 0 Å². The van der Waals surface area contributed by atoms with E-state index in [1.165, 1.54) is 76.7 Å². The van der Waals surface area contributed by atoms with E-state index in [0.717, 1.165) is 22.7 Å². The standard InChI is InChI=1S/C56H38N2/c1-3-12-39(13-4-1)41-28-30-50(31-29-41)57(52-32-33-54-53-20-9-10-21-55(53)58(56(54)38-52)49-17-5-2-6-18-49)51-19-11-16-43(37-51)44-24-25-48-36-47(27-26-46(48)35-44)45-23-22-40-14-7-8-15-42(40)34-45/h1-38H. The third-order valence-electron chi connectivity index (χ3n) is 11.5. The van der Waals surface area contributed by atoms with Crippen LogP contribution in [0.3, 0.4) is 0 Å². The van der Waals surface area contributed by atoms with Gasteiger partial charge < -0.3 is 9.47 Å². The highest BCUT2D eigenvalue weighted by atomic mass is 15.1. The van der Waals surface area contributed by atoms with Crippen LogP contribution in [0.25, 0.3) is 82.4 Å². The second-order valence-corrected chi connectivity index (χ2v) is 15.0. The Morgan fingerprint density at radius 3 is 1.47 bits per heavy atom. The Kier molecular flexibility index (Phi) is 8.19. The zero-order valence-electron chi connectivity index (χ0n) is 31.8. The van der Waals surface area contributed by atoms with Crippen LogP contribution in [-0.4, -0.2) is 4.57 Å². The van der Waals surface area contributed by atoms with Gasteiger partial charge in [0.1, 0.15) is 0 Å². The second kappa shape index (κ2) is 14.1. The number of aromatic nitrogens is 1. The molecule has 0 spiro atoms. The van der Waals surface area contributed by atoms with Gasteiger partial charge in [-0.15, -0.1) is 0 Å². The number of fused-ring (bicyclic) bond motifs is 5. The van der Waals surface area contributed by atoms with Gasteiger partial charge in [-0.1, -0.05) is 158 Å². The van der Waals surface area contributed by atoms with E-state index in [-0.39, 0.29) is 0 Å². The summed E-state index contributed by atoms with van der Waals surface area (Å²) in [5.74, 6) is 0. The fraction of sp³-hybridized carbons (Fsp3) is 0. The van der Waals surface area contributed by atoms with Crippen LogP contribution in [0.2, 0.25) is 0 Å². The third kappa shape index (κ3) is 6.00. The highest BCUT2D eigenvalue weighted by Crippen LogP contribution is 2.41. The minimum atomic E-state index is 1.09. The lowest BCUT2D eigenvalue weighted by atomic mass is 9.96. The van der Waals surface area contributed by atoms with Gasteiger partial charge >= 0.3 is 0 Å². The smallest absolute Gasteiger partial charge is 0.0561 e. The number of benzene rings is 10. The van der Waals surface area contributed by atoms with E-state index in [0.29, 0.717) is 0 Å². The molecule has 0 aliphatic carbocycles. The first kappa shape index (κ1) is 33.6. The predicted octanol–water partition coefficient (Wildman–Crippen LogP) is 15.6. The molecule has 0 amide bonds. The van der Waals surface area contributed by atoms with Crippen LogP contribution in [-0.2, 0) is 0 Å². The van der Waals surface area contributed by atoms with Crippen LogP contribution in [0.1, 0.15) is 0 Å². The van der Waals surface area contributed by atoms with Crippen molar-refractivity contribution in [2.75, 3.05) is 4.90 Å². The van der Waals surface area contributed by atoms with Gasteiger partial charge in [0.25, 0.3) is 0 Å². The van der Waals surface area contributed by atoms with E-state index in [2.05, 4.69) is 240 Å². The summed E-state index contributed by atoms with van der Waals surface area (Å²) in [5, 5.41) is 7.45. The molecular weight excluding hydrogens is 701 g/mol. The molecule has 0 saturated carbocycles. The molecule has 11 rings (SSSR count). The van der Waals surface area contributed by atoms with Crippen molar-refractivity contribution in [2.24, 2.45) is 0 Å². The molecule has 10 aromatic carbocycles. The highest BCUT2D eigenvalue weighted by molar-refractivity contribution is 6.10. The molecule has 1 aromatic heterocycles. The number of anilines is 3. The summed E-state index contributed by atoms with van der Waals surface area (Å²) < 4.78 is 2.39. The van der Waals surface area contributed by atoms with Gasteiger partial charge in [0.15, 0.2) is 0 Å². The minimum Gasteiger partial charge on any atom is -0.310 e. The summed E-state index contributed by atoms with van der Waals surface area (Å²) in [6, 6.07) is 83.8. The molecular formula is C56H38N2. The first-order chi connectivity index (χ1) is 28.7. The van der Waals surface area contributed by atoms with E-state index in [1.54, 1.807) is 0 Å². The maximum atomic E-state index is 2.39. The third-order valence-corrected chi connectivity index (χ3v) is 11.5. The fourth-order valence-corrected chi connectivity index (χ4v) is 8.63. The largest absolute Gasteiger partial charge is 0.310 e. The van der Waals surface area contributed by atoms with E-state index in [1.807, 2.05) is 0 Å². The first-order valence-electron chi connectivity index (χ1n) is 19.9. The van der Waals surface area contributed by atoms with Crippen molar-refractivity contribution in [1.82, 2.24) is 4.57 Å². The summed E-state index contributed by atoms with van der Waals surface area (Å²) >= 11 is 0. The summed E-state index contributed by atoms with van der Waals surface area (Å²) in [7, 11) is 0. The molecule has 0 atom stereocenters. The zero-order chi connectivity index (χ0) is 38.4. The van der Waals surface area contributed by atoms with Crippen LogP contribution in [0.5, 0.6) is 0 Å². The number of rotatable bonds is 7. The molecule has 2 heteroatoms. The molecule has 0 N–H and O–H groups in total. The van der Waals surface area contributed by atoms with Crippen molar-refractivity contribution in [1.29, 1.82) is 0 Å². The van der Waals surface area contributed by atoms with E-state index < -0.39 is 0 Å². The van der Waals surface area contributed by atoms with Crippen LogP contribution in [0.15, 0.2) is 231 Å². The quantitative estimate of drug-likeness (QED) is 0.158. The number of hydrogen-bond acceptors (Lipinski definition) is 1. The lowest BCUT2D eigenvalue weighted by Gasteiger charge is -2.26. The Bertz CT molecular complexity index is 3270. The number of hydrogen-bond donors (Lipinski definition) is 0. The molecule has 0 fully saturated rings. The topological polar surface area (TPSA) is 8.17 Å². The van der Waals surface area contributed by atoms with Crippen LogP contribution in [0.4, 0.5) is 17.1 Å². The van der Waals surface area contributed by atoms with Crippen LogP contribution in [0, 0.1) is 0 Å². The molecule has 0 radical (unpaired) electrons. The Morgan fingerprint density at radius 1 is 0.259 bits per heavy atom. The molecule has 11 aromatic rings. The maximum Gasteiger partial charge on any atom is 0.0561 e.